The molecule has 0 aromatic heterocycles. The van der Waals surface area contributed by atoms with Crippen LogP contribution in [0.3, 0.4) is 0 Å². The maximum Gasteiger partial charge on any atom is 0.252 e. The van der Waals surface area contributed by atoms with E-state index in [1.54, 1.807) is 30.3 Å². The maximum absolute atomic E-state index is 12.6. The highest BCUT2D eigenvalue weighted by molar-refractivity contribution is 8.16. The first-order valence-electron chi connectivity index (χ1n) is 8.59. The number of hydrogen-bond donors (Lipinski definition) is 0. The quantitative estimate of drug-likeness (QED) is 0.704. The lowest BCUT2D eigenvalue weighted by atomic mass is 10.1. The molecule has 0 aliphatic carbocycles. The molecule has 1 amide bonds. The smallest absolute Gasteiger partial charge is 0.252 e. The number of sulfone groups is 1. The number of nitrogens with zero attached hydrogens (tertiary/aromatic N) is 2. The Morgan fingerprint density at radius 1 is 1.11 bits per heavy atom. The first-order valence-corrected chi connectivity index (χ1v) is 12.0. The van der Waals surface area contributed by atoms with E-state index in [0.717, 1.165) is 5.69 Å². The van der Waals surface area contributed by atoms with Gasteiger partial charge in [-0.05, 0) is 35.9 Å². The van der Waals surface area contributed by atoms with Crippen molar-refractivity contribution in [3.63, 3.8) is 0 Å². The van der Waals surface area contributed by atoms with Crippen LogP contribution < -0.4 is 4.90 Å². The molecule has 0 radical (unpaired) electrons. The number of aliphatic imine (C=N–C) groups is 1. The van der Waals surface area contributed by atoms with Crippen LogP contribution in [0.4, 0.5) is 5.69 Å². The number of carbonyl (C=O) groups excluding carboxylic acids is 1. The Bertz CT molecular complexity index is 1060. The van der Waals surface area contributed by atoms with Gasteiger partial charge in [0, 0.05) is 21.0 Å². The molecule has 0 bridgehead atoms. The third-order valence-corrected chi connectivity index (χ3v) is 8.52. The van der Waals surface area contributed by atoms with Crippen LogP contribution in [0, 0.1) is 0 Å². The zero-order valence-corrected chi connectivity index (χ0v) is 17.7. The van der Waals surface area contributed by atoms with E-state index in [2.05, 4.69) is 4.99 Å². The molecule has 2 aromatic carbocycles. The van der Waals surface area contributed by atoms with Crippen molar-refractivity contribution in [2.45, 2.75) is 17.7 Å². The average Bonchev–Trinajstić information content (AvgIpc) is 3.09. The molecule has 9 heteroatoms. The third-order valence-electron chi connectivity index (χ3n) is 4.69. The van der Waals surface area contributed by atoms with Gasteiger partial charge in [0.25, 0.3) is 5.91 Å². The van der Waals surface area contributed by atoms with E-state index in [1.165, 1.54) is 11.8 Å². The molecule has 2 aliphatic heterocycles. The van der Waals surface area contributed by atoms with Crippen molar-refractivity contribution in [3.8, 4) is 0 Å². The van der Waals surface area contributed by atoms with Crippen LogP contribution in [-0.4, -0.2) is 42.3 Å². The molecule has 28 heavy (non-hydrogen) atoms. The van der Waals surface area contributed by atoms with Crippen molar-refractivity contribution in [2.75, 3.05) is 16.4 Å². The summed E-state index contributed by atoms with van der Waals surface area (Å²) >= 11 is 13.5. The monoisotopic (exact) mass is 454 g/mol. The van der Waals surface area contributed by atoms with Crippen LogP contribution in [0.15, 0.2) is 53.5 Å². The molecule has 2 aliphatic rings. The fourth-order valence-corrected chi connectivity index (χ4v) is 7.68. The Hall–Kier alpha value is -1.54. The molecule has 0 saturated carbocycles. The van der Waals surface area contributed by atoms with Gasteiger partial charge in [-0.1, -0.05) is 53.2 Å². The van der Waals surface area contributed by atoms with E-state index >= 15 is 0 Å². The lowest BCUT2D eigenvalue weighted by molar-refractivity contribution is -0.117. The fraction of sp³-hybridized carbons (Fsp3) is 0.263. The lowest BCUT2D eigenvalue weighted by Crippen LogP contribution is -2.37. The second-order valence-corrected chi connectivity index (χ2v) is 10.9. The van der Waals surface area contributed by atoms with Gasteiger partial charge in [0.2, 0.25) is 0 Å². The van der Waals surface area contributed by atoms with Crippen LogP contribution in [0.25, 0.3) is 0 Å². The van der Waals surface area contributed by atoms with Crippen LogP contribution in [0.2, 0.25) is 10.0 Å². The summed E-state index contributed by atoms with van der Waals surface area (Å²) in [7, 11) is -3.11. The minimum Gasteiger partial charge on any atom is -0.316 e. The van der Waals surface area contributed by atoms with Gasteiger partial charge >= 0.3 is 0 Å². The molecule has 2 saturated heterocycles. The van der Waals surface area contributed by atoms with Gasteiger partial charge in [-0.25, -0.2) is 8.42 Å². The molecular weight excluding hydrogens is 439 g/mol. The predicted octanol–water partition coefficient (Wildman–Crippen LogP) is 3.84. The van der Waals surface area contributed by atoms with Crippen LogP contribution >= 0.6 is 35.0 Å². The van der Waals surface area contributed by atoms with Crippen molar-refractivity contribution >= 4 is 61.6 Å². The molecule has 2 fully saturated rings. The summed E-state index contributed by atoms with van der Waals surface area (Å²) in [6, 6.07) is 14.0. The van der Waals surface area contributed by atoms with Crippen LogP contribution in [-0.2, 0) is 21.1 Å². The van der Waals surface area contributed by atoms with Crippen molar-refractivity contribution in [3.05, 3.63) is 64.1 Å². The third kappa shape index (κ3) is 4.08. The number of hydrogen-bond acceptors (Lipinski definition) is 4. The summed E-state index contributed by atoms with van der Waals surface area (Å²) < 4.78 is 24.2. The molecule has 0 N–H and O–H groups in total. The largest absolute Gasteiger partial charge is 0.316 e. The summed E-state index contributed by atoms with van der Waals surface area (Å²) in [5.74, 6) is -0.188. The minimum absolute atomic E-state index is 0.0466. The van der Waals surface area contributed by atoms with E-state index in [0.29, 0.717) is 20.8 Å². The number of carbonyl (C=O) groups is 1. The number of fused-ring (bicyclic) bond motifs is 1. The van der Waals surface area contributed by atoms with Gasteiger partial charge in [-0.2, -0.15) is 4.99 Å². The zero-order chi connectivity index (χ0) is 19.9. The van der Waals surface area contributed by atoms with Crippen LogP contribution in [0.1, 0.15) is 5.56 Å². The van der Waals surface area contributed by atoms with Crippen molar-refractivity contribution in [1.82, 2.24) is 0 Å². The topological polar surface area (TPSA) is 66.8 Å². The zero-order valence-electron chi connectivity index (χ0n) is 14.6. The van der Waals surface area contributed by atoms with E-state index < -0.39 is 9.84 Å². The molecular formula is C19H16Cl2N2O3S2. The molecule has 2 atom stereocenters. The molecule has 4 rings (SSSR count). The Morgan fingerprint density at radius 2 is 1.82 bits per heavy atom. The van der Waals surface area contributed by atoms with E-state index in [1.807, 2.05) is 23.1 Å². The lowest BCUT2D eigenvalue weighted by Gasteiger charge is -2.24. The average molecular weight is 455 g/mol. The molecule has 146 valence electrons. The van der Waals surface area contributed by atoms with Gasteiger partial charge in [0.15, 0.2) is 15.0 Å². The van der Waals surface area contributed by atoms with Gasteiger partial charge in [-0.15, -0.1) is 0 Å². The molecule has 5 nitrogen and oxygen atoms in total. The number of amidine groups is 1. The minimum atomic E-state index is -3.11. The first kappa shape index (κ1) is 19.8. The summed E-state index contributed by atoms with van der Waals surface area (Å²) in [4.78, 5) is 18.7. The Balaban J connectivity index is 1.65. The van der Waals surface area contributed by atoms with Gasteiger partial charge in [0.1, 0.15) is 0 Å². The van der Waals surface area contributed by atoms with E-state index in [9.17, 15) is 13.2 Å². The first-order chi connectivity index (χ1) is 13.3. The fourth-order valence-electron chi connectivity index (χ4n) is 3.42. The molecule has 2 aromatic rings. The SMILES string of the molecule is O=C(Cc1ccccc1Cl)N=C1SC2CS(=O)(=O)CC2N1c1ccc(Cl)cc1. The molecule has 2 heterocycles. The van der Waals surface area contributed by atoms with Crippen molar-refractivity contribution in [2.24, 2.45) is 4.99 Å². The number of thioether (sulfide) groups is 1. The van der Waals surface area contributed by atoms with Crippen molar-refractivity contribution in [1.29, 1.82) is 0 Å². The van der Waals surface area contributed by atoms with Gasteiger partial charge in [0.05, 0.1) is 24.0 Å². The Labute approximate surface area is 177 Å². The second-order valence-electron chi connectivity index (χ2n) is 6.70. The number of anilines is 1. The van der Waals surface area contributed by atoms with Crippen LogP contribution in [0.5, 0.6) is 0 Å². The summed E-state index contributed by atoms with van der Waals surface area (Å²) in [5, 5.41) is 1.48. The highest BCUT2D eigenvalue weighted by atomic mass is 35.5. The Kier molecular flexibility index (Phi) is 5.44. The van der Waals surface area contributed by atoms with Gasteiger partial charge < -0.3 is 4.90 Å². The van der Waals surface area contributed by atoms with E-state index in [-0.39, 0.29) is 35.1 Å². The maximum atomic E-state index is 12.6. The number of halogens is 2. The van der Waals surface area contributed by atoms with E-state index in [4.69, 9.17) is 23.2 Å². The normalized spacial score (nSPS) is 24.5. The highest BCUT2D eigenvalue weighted by Crippen LogP contribution is 2.41. The second kappa shape index (κ2) is 7.71. The number of amides is 1. The summed E-state index contributed by atoms with van der Waals surface area (Å²) in [5.41, 5.74) is 1.48. The number of benzene rings is 2. The summed E-state index contributed by atoms with van der Waals surface area (Å²) in [6.45, 7) is 0. The van der Waals surface area contributed by atoms with Gasteiger partial charge in [-0.3, -0.25) is 4.79 Å². The number of rotatable bonds is 3. The predicted molar refractivity (Wildman–Crippen MR) is 115 cm³/mol. The Morgan fingerprint density at radius 3 is 2.54 bits per heavy atom. The standard InChI is InChI=1S/C19H16Cl2N2O3S2/c20-13-5-7-14(8-6-13)23-16-10-28(25,26)11-17(16)27-19(23)22-18(24)9-12-3-1-2-4-15(12)21/h1-8,16-17H,9-11H2. The summed E-state index contributed by atoms with van der Waals surface area (Å²) in [6.07, 6.45) is 0.0891. The van der Waals surface area contributed by atoms with Crippen molar-refractivity contribution < 1.29 is 13.2 Å². The molecule has 2 unspecified atom stereocenters. The highest BCUT2D eigenvalue weighted by Gasteiger charge is 2.49. The molecule has 0 spiro atoms.